The van der Waals surface area contributed by atoms with E-state index >= 15 is 0 Å². The predicted molar refractivity (Wildman–Crippen MR) is 61.9 cm³/mol. The molecule has 0 spiro atoms. The van der Waals surface area contributed by atoms with Crippen molar-refractivity contribution < 1.29 is 4.74 Å². The predicted octanol–water partition coefficient (Wildman–Crippen LogP) is 2.63. The van der Waals surface area contributed by atoms with Crippen LogP contribution in [0.2, 0.25) is 0 Å². The first-order chi connectivity index (χ1) is 7.29. The van der Waals surface area contributed by atoms with Crippen molar-refractivity contribution >= 4 is 0 Å². The molecule has 82 valence electrons. The molecule has 0 saturated heterocycles. The summed E-state index contributed by atoms with van der Waals surface area (Å²) in [6, 6.07) is 6.21. The zero-order valence-electron chi connectivity index (χ0n) is 9.33. The van der Waals surface area contributed by atoms with Crippen LogP contribution in [0.1, 0.15) is 30.4 Å². The fourth-order valence-corrected chi connectivity index (χ4v) is 1.75. The lowest BCUT2D eigenvalue weighted by molar-refractivity contribution is 0.299. The average Bonchev–Trinajstić information content (AvgIpc) is 3.04. The van der Waals surface area contributed by atoms with Crippen LogP contribution in [0.4, 0.5) is 0 Å². The quantitative estimate of drug-likeness (QED) is 0.802. The summed E-state index contributed by atoms with van der Waals surface area (Å²) in [6.07, 6.45) is 3.97. The first-order valence-corrected chi connectivity index (χ1v) is 5.72. The molecule has 1 aromatic carbocycles. The van der Waals surface area contributed by atoms with E-state index in [1.54, 1.807) is 0 Å². The van der Waals surface area contributed by atoms with E-state index in [1.807, 2.05) is 6.07 Å². The van der Waals surface area contributed by atoms with Gasteiger partial charge < -0.3 is 10.5 Å². The standard InChI is InChI=1S/C13H19NO/c1-10-2-5-13(12(8-10)9-14)15-7-6-11-3-4-11/h2,5,8,11H,3-4,6-7,9,14H2,1H3. The van der Waals surface area contributed by atoms with Crippen molar-refractivity contribution in [2.45, 2.75) is 32.7 Å². The van der Waals surface area contributed by atoms with Gasteiger partial charge in [0.2, 0.25) is 0 Å². The van der Waals surface area contributed by atoms with Gasteiger partial charge in [0.25, 0.3) is 0 Å². The number of nitrogens with two attached hydrogens (primary N) is 1. The van der Waals surface area contributed by atoms with Gasteiger partial charge in [0.05, 0.1) is 6.61 Å². The van der Waals surface area contributed by atoms with Gasteiger partial charge in [-0.2, -0.15) is 0 Å². The summed E-state index contributed by atoms with van der Waals surface area (Å²) in [5.41, 5.74) is 8.04. The molecule has 0 amide bonds. The molecule has 1 saturated carbocycles. The minimum atomic E-state index is 0.556. The lowest BCUT2D eigenvalue weighted by Crippen LogP contribution is -2.04. The summed E-state index contributed by atoms with van der Waals surface area (Å²) in [5, 5.41) is 0. The second kappa shape index (κ2) is 4.67. The summed E-state index contributed by atoms with van der Waals surface area (Å²) >= 11 is 0. The molecule has 1 aliphatic carbocycles. The first-order valence-electron chi connectivity index (χ1n) is 5.72. The molecule has 0 unspecified atom stereocenters. The molecule has 2 heteroatoms. The topological polar surface area (TPSA) is 35.2 Å². The molecule has 1 aromatic rings. The van der Waals surface area contributed by atoms with Gasteiger partial charge in [-0.15, -0.1) is 0 Å². The van der Waals surface area contributed by atoms with Crippen LogP contribution in [0.15, 0.2) is 18.2 Å². The molecule has 2 nitrogen and oxygen atoms in total. The molecule has 0 aliphatic heterocycles. The Morgan fingerprint density at radius 1 is 1.40 bits per heavy atom. The summed E-state index contributed by atoms with van der Waals surface area (Å²) in [5.74, 6) is 1.89. The maximum atomic E-state index is 5.75. The highest BCUT2D eigenvalue weighted by Crippen LogP contribution is 2.32. The molecule has 0 bridgehead atoms. The Hall–Kier alpha value is -1.02. The Morgan fingerprint density at radius 3 is 2.87 bits per heavy atom. The first kappa shape index (κ1) is 10.5. The van der Waals surface area contributed by atoms with Gasteiger partial charge in [0, 0.05) is 12.1 Å². The van der Waals surface area contributed by atoms with Crippen molar-refractivity contribution in [3.05, 3.63) is 29.3 Å². The zero-order chi connectivity index (χ0) is 10.7. The molecule has 0 heterocycles. The maximum absolute atomic E-state index is 5.75. The molecule has 0 atom stereocenters. The van der Waals surface area contributed by atoms with Crippen LogP contribution >= 0.6 is 0 Å². The van der Waals surface area contributed by atoms with Crippen LogP contribution in [0, 0.1) is 12.8 Å². The SMILES string of the molecule is Cc1ccc(OCCC2CC2)c(CN)c1. The molecule has 0 aromatic heterocycles. The van der Waals surface area contributed by atoms with Crippen molar-refractivity contribution in [2.75, 3.05) is 6.61 Å². The zero-order valence-corrected chi connectivity index (χ0v) is 9.33. The second-order valence-corrected chi connectivity index (χ2v) is 4.40. The summed E-state index contributed by atoms with van der Waals surface area (Å²) in [4.78, 5) is 0. The minimum absolute atomic E-state index is 0.556. The molecule has 2 rings (SSSR count). The number of aryl methyl sites for hydroxylation is 1. The van der Waals surface area contributed by atoms with Gasteiger partial charge in [-0.25, -0.2) is 0 Å². The van der Waals surface area contributed by atoms with Crippen LogP contribution in [0.5, 0.6) is 5.75 Å². The maximum Gasteiger partial charge on any atom is 0.123 e. The molecule has 1 aliphatic rings. The number of rotatable bonds is 5. The van der Waals surface area contributed by atoms with E-state index < -0.39 is 0 Å². The molecule has 0 radical (unpaired) electrons. The van der Waals surface area contributed by atoms with Crippen LogP contribution in [-0.2, 0) is 6.54 Å². The van der Waals surface area contributed by atoms with Crippen molar-refractivity contribution in [1.29, 1.82) is 0 Å². The fourth-order valence-electron chi connectivity index (χ4n) is 1.75. The highest BCUT2D eigenvalue weighted by atomic mass is 16.5. The lowest BCUT2D eigenvalue weighted by Gasteiger charge is -2.10. The monoisotopic (exact) mass is 205 g/mol. The average molecular weight is 205 g/mol. The lowest BCUT2D eigenvalue weighted by atomic mass is 10.1. The van der Waals surface area contributed by atoms with Gasteiger partial charge in [0.15, 0.2) is 0 Å². The number of hydrogen-bond donors (Lipinski definition) is 1. The normalized spacial score (nSPS) is 15.3. The third kappa shape index (κ3) is 2.96. The van der Waals surface area contributed by atoms with Crippen LogP contribution in [0.25, 0.3) is 0 Å². The van der Waals surface area contributed by atoms with Gasteiger partial charge in [-0.05, 0) is 25.3 Å². The van der Waals surface area contributed by atoms with E-state index in [9.17, 15) is 0 Å². The molecule has 2 N–H and O–H groups in total. The van der Waals surface area contributed by atoms with E-state index in [2.05, 4.69) is 19.1 Å². The van der Waals surface area contributed by atoms with Crippen LogP contribution in [-0.4, -0.2) is 6.61 Å². The Balaban J connectivity index is 1.92. The Bertz CT molecular complexity index is 331. The number of hydrogen-bond acceptors (Lipinski definition) is 2. The van der Waals surface area contributed by atoms with E-state index in [0.29, 0.717) is 6.54 Å². The summed E-state index contributed by atoms with van der Waals surface area (Å²) in [6.45, 7) is 3.47. The number of benzene rings is 1. The van der Waals surface area contributed by atoms with Crippen molar-refractivity contribution in [3.8, 4) is 5.75 Å². The van der Waals surface area contributed by atoms with Crippen molar-refractivity contribution in [2.24, 2.45) is 11.7 Å². The Morgan fingerprint density at radius 2 is 2.20 bits per heavy atom. The minimum Gasteiger partial charge on any atom is -0.493 e. The molecule has 15 heavy (non-hydrogen) atoms. The van der Waals surface area contributed by atoms with Crippen LogP contribution < -0.4 is 10.5 Å². The highest BCUT2D eigenvalue weighted by Gasteiger charge is 2.20. The smallest absolute Gasteiger partial charge is 0.123 e. The van der Waals surface area contributed by atoms with E-state index in [1.165, 1.54) is 24.8 Å². The van der Waals surface area contributed by atoms with Gasteiger partial charge >= 0.3 is 0 Å². The van der Waals surface area contributed by atoms with E-state index in [0.717, 1.165) is 23.8 Å². The molecular formula is C13H19NO. The molecule has 1 fully saturated rings. The van der Waals surface area contributed by atoms with Gasteiger partial charge in [-0.1, -0.05) is 30.5 Å². The number of ether oxygens (including phenoxy) is 1. The third-order valence-electron chi connectivity index (χ3n) is 2.92. The highest BCUT2D eigenvalue weighted by molar-refractivity contribution is 5.36. The van der Waals surface area contributed by atoms with Gasteiger partial charge in [0.1, 0.15) is 5.75 Å². The van der Waals surface area contributed by atoms with Crippen molar-refractivity contribution in [1.82, 2.24) is 0 Å². The molecular weight excluding hydrogens is 186 g/mol. The Labute approximate surface area is 91.4 Å². The summed E-state index contributed by atoms with van der Waals surface area (Å²) in [7, 11) is 0. The second-order valence-electron chi connectivity index (χ2n) is 4.40. The van der Waals surface area contributed by atoms with Crippen LogP contribution in [0.3, 0.4) is 0 Å². The Kier molecular flexibility index (Phi) is 3.27. The largest absolute Gasteiger partial charge is 0.493 e. The fraction of sp³-hybridized carbons (Fsp3) is 0.538. The third-order valence-corrected chi connectivity index (χ3v) is 2.92. The summed E-state index contributed by atoms with van der Waals surface area (Å²) < 4.78 is 5.75. The van der Waals surface area contributed by atoms with Crippen molar-refractivity contribution in [3.63, 3.8) is 0 Å². The van der Waals surface area contributed by atoms with E-state index in [4.69, 9.17) is 10.5 Å². The van der Waals surface area contributed by atoms with E-state index in [-0.39, 0.29) is 0 Å². The van der Waals surface area contributed by atoms with Gasteiger partial charge in [-0.3, -0.25) is 0 Å².